The van der Waals surface area contributed by atoms with Gasteiger partial charge >= 0.3 is 0 Å². The molecule has 5 rings (SSSR count). The standard InChI is InChI=1S/C33H28N2O3S2/c1-3-34-31(36)28(32(37)35(4-2)33(34)39)22-27-19-18-26(40-27)17-11-12-23-20-29(24-13-7-5-8-14-24)38-30(21-23)25-15-9-6-10-16-25/h5-22H,3-4H2,1-2H3/b17-11+. The molecule has 0 spiro atoms. The van der Waals surface area contributed by atoms with E-state index in [1.54, 1.807) is 6.08 Å². The van der Waals surface area contributed by atoms with Gasteiger partial charge in [-0.25, -0.2) is 0 Å². The van der Waals surface area contributed by atoms with Crippen LogP contribution in [0.25, 0.3) is 23.7 Å². The van der Waals surface area contributed by atoms with E-state index in [2.05, 4.69) is 0 Å². The van der Waals surface area contributed by atoms with Crippen LogP contribution in [0.1, 0.15) is 34.7 Å². The summed E-state index contributed by atoms with van der Waals surface area (Å²) in [4.78, 5) is 30.6. The Morgan fingerprint density at radius 1 is 0.775 bits per heavy atom. The van der Waals surface area contributed by atoms with Crippen molar-refractivity contribution in [2.75, 3.05) is 13.1 Å². The first-order valence-corrected chi connectivity index (χ1v) is 14.3. The number of likely N-dealkylation sites (N-methyl/N-ethyl adjacent to an activating group) is 2. The van der Waals surface area contributed by atoms with Gasteiger partial charge in [0.25, 0.3) is 11.8 Å². The highest BCUT2D eigenvalue weighted by atomic mass is 32.1. The van der Waals surface area contributed by atoms with E-state index in [0.29, 0.717) is 13.1 Å². The lowest BCUT2D eigenvalue weighted by atomic mass is 10.0. The number of carbonyl (C=O) groups excluding carboxylic acids is 2. The molecule has 3 aromatic rings. The van der Waals surface area contributed by atoms with Crippen LogP contribution in [0.4, 0.5) is 0 Å². The smallest absolute Gasteiger partial charge is 0.265 e. The van der Waals surface area contributed by atoms with Gasteiger partial charge in [0.15, 0.2) is 5.11 Å². The molecule has 0 atom stereocenters. The zero-order valence-corrected chi connectivity index (χ0v) is 23.9. The minimum atomic E-state index is -0.348. The first kappa shape index (κ1) is 27.2. The molecule has 7 heteroatoms. The number of benzene rings is 2. The molecule has 0 radical (unpaired) electrons. The molecule has 0 bridgehead atoms. The number of carbonyl (C=O) groups is 2. The number of thiocarbonyl (C=S) groups is 1. The Kier molecular flexibility index (Phi) is 8.34. The van der Waals surface area contributed by atoms with E-state index >= 15 is 0 Å². The Bertz CT molecular complexity index is 1510. The van der Waals surface area contributed by atoms with E-state index in [0.717, 1.165) is 38.0 Å². The molecule has 2 aliphatic rings. The molecule has 1 aromatic heterocycles. The van der Waals surface area contributed by atoms with Crippen molar-refractivity contribution in [2.24, 2.45) is 0 Å². The number of hydrogen-bond acceptors (Lipinski definition) is 5. The monoisotopic (exact) mass is 564 g/mol. The number of allylic oxidation sites excluding steroid dienone is 5. The third kappa shape index (κ3) is 5.81. The van der Waals surface area contributed by atoms with Crippen LogP contribution in [0.2, 0.25) is 0 Å². The highest BCUT2D eigenvalue weighted by Gasteiger charge is 2.37. The zero-order chi connectivity index (χ0) is 28.1. The largest absolute Gasteiger partial charge is 0.456 e. The van der Waals surface area contributed by atoms with Gasteiger partial charge < -0.3 is 4.74 Å². The van der Waals surface area contributed by atoms with Gasteiger partial charge in [-0.3, -0.25) is 19.4 Å². The summed E-state index contributed by atoms with van der Waals surface area (Å²) in [7, 11) is 0. The van der Waals surface area contributed by atoms with Crippen molar-refractivity contribution < 1.29 is 14.3 Å². The molecule has 0 unspecified atom stereocenters. The number of nitrogens with zero attached hydrogens (tertiary/aromatic N) is 2. The molecular formula is C33H28N2O3S2. The lowest BCUT2D eigenvalue weighted by molar-refractivity contribution is -0.133. The molecule has 0 saturated carbocycles. The summed E-state index contributed by atoms with van der Waals surface area (Å²) in [6.07, 6.45) is 11.8. The average Bonchev–Trinajstić information content (AvgIpc) is 3.44. The summed E-state index contributed by atoms with van der Waals surface area (Å²) < 4.78 is 6.27. The number of amides is 2. The lowest BCUT2D eigenvalue weighted by Crippen LogP contribution is -2.55. The van der Waals surface area contributed by atoms with Gasteiger partial charge in [0.2, 0.25) is 0 Å². The van der Waals surface area contributed by atoms with Gasteiger partial charge in [-0.15, -0.1) is 11.3 Å². The fourth-order valence-corrected chi connectivity index (χ4v) is 5.71. The molecule has 200 valence electrons. The minimum Gasteiger partial charge on any atom is -0.456 e. The number of ether oxygens (including phenoxy) is 1. The maximum atomic E-state index is 12.9. The third-order valence-electron chi connectivity index (χ3n) is 6.46. The quantitative estimate of drug-likeness (QED) is 0.173. The molecular weight excluding hydrogens is 537 g/mol. The van der Waals surface area contributed by atoms with E-state index in [1.165, 1.54) is 21.1 Å². The van der Waals surface area contributed by atoms with Crippen LogP contribution in [-0.4, -0.2) is 39.8 Å². The summed E-state index contributed by atoms with van der Waals surface area (Å²) in [5, 5.41) is 0.266. The molecule has 1 saturated heterocycles. The van der Waals surface area contributed by atoms with E-state index < -0.39 is 0 Å². The predicted octanol–water partition coefficient (Wildman–Crippen LogP) is 7.18. The Labute approximate surface area is 243 Å². The Balaban J connectivity index is 1.40. The molecule has 0 N–H and O–H groups in total. The van der Waals surface area contributed by atoms with Crippen LogP contribution < -0.4 is 0 Å². The SMILES string of the molecule is CCN1C(=O)C(=Cc2ccc(/C=C/C=C3C=C(c4ccccc4)OC(c4ccccc4)=C3)s2)C(=O)N(CC)C1=S. The van der Waals surface area contributed by atoms with Gasteiger partial charge in [0, 0.05) is 34.0 Å². The summed E-state index contributed by atoms with van der Waals surface area (Å²) in [5.74, 6) is 0.878. The highest BCUT2D eigenvalue weighted by molar-refractivity contribution is 7.80. The van der Waals surface area contributed by atoms with Gasteiger partial charge in [0.05, 0.1) is 0 Å². The molecule has 2 aromatic carbocycles. The normalized spacial score (nSPS) is 15.8. The Morgan fingerprint density at radius 2 is 1.30 bits per heavy atom. The topological polar surface area (TPSA) is 49.9 Å². The first-order valence-electron chi connectivity index (χ1n) is 13.1. The van der Waals surface area contributed by atoms with Crippen molar-refractivity contribution in [3.8, 4) is 0 Å². The minimum absolute atomic E-state index is 0.135. The molecule has 0 aliphatic carbocycles. The van der Waals surface area contributed by atoms with Gasteiger partial charge in [0.1, 0.15) is 17.1 Å². The van der Waals surface area contributed by atoms with Crippen molar-refractivity contribution in [3.05, 3.63) is 129 Å². The molecule has 2 aliphatic heterocycles. The number of thiophene rings is 1. The fourth-order valence-electron chi connectivity index (χ4n) is 4.42. The molecule has 3 heterocycles. The lowest BCUT2D eigenvalue weighted by Gasteiger charge is -2.35. The van der Waals surface area contributed by atoms with Crippen molar-refractivity contribution in [1.82, 2.24) is 9.80 Å². The molecule has 2 amide bonds. The van der Waals surface area contributed by atoms with Gasteiger partial charge in [-0.05, 0) is 68.1 Å². The molecule has 40 heavy (non-hydrogen) atoms. The van der Waals surface area contributed by atoms with E-state index in [1.807, 2.05) is 117 Å². The van der Waals surface area contributed by atoms with Gasteiger partial charge in [-0.2, -0.15) is 0 Å². The third-order valence-corrected chi connectivity index (χ3v) is 7.90. The fraction of sp³-hybridized carbons (Fsp3) is 0.121. The predicted molar refractivity (Wildman–Crippen MR) is 167 cm³/mol. The van der Waals surface area contributed by atoms with E-state index in [9.17, 15) is 9.59 Å². The van der Waals surface area contributed by atoms with E-state index in [4.69, 9.17) is 17.0 Å². The summed E-state index contributed by atoms with van der Waals surface area (Å²) >= 11 is 6.86. The van der Waals surface area contributed by atoms with Crippen molar-refractivity contribution in [2.45, 2.75) is 13.8 Å². The Hall–Kier alpha value is -4.33. The van der Waals surface area contributed by atoms with Crippen LogP contribution in [0, 0.1) is 0 Å². The summed E-state index contributed by atoms with van der Waals surface area (Å²) in [5.41, 5.74) is 3.15. The maximum Gasteiger partial charge on any atom is 0.265 e. The second-order valence-corrected chi connectivity index (χ2v) is 10.6. The second-order valence-electron chi connectivity index (χ2n) is 9.06. The number of hydrogen-bond donors (Lipinski definition) is 0. The van der Waals surface area contributed by atoms with Crippen LogP contribution in [0.15, 0.2) is 108 Å². The average molecular weight is 565 g/mol. The van der Waals surface area contributed by atoms with Crippen molar-refractivity contribution >= 4 is 64.2 Å². The Morgan fingerprint density at radius 3 is 1.82 bits per heavy atom. The van der Waals surface area contributed by atoms with Crippen LogP contribution in [-0.2, 0) is 14.3 Å². The molecule has 5 nitrogen and oxygen atoms in total. The highest BCUT2D eigenvalue weighted by Crippen LogP contribution is 2.32. The maximum absolute atomic E-state index is 12.9. The van der Waals surface area contributed by atoms with Crippen LogP contribution in [0.3, 0.4) is 0 Å². The molecule has 1 fully saturated rings. The summed E-state index contributed by atoms with van der Waals surface area (Å²) in [6.45, 7) is 4.53. The zero-order valence-electron chi connectivity index (χ0n) is 22.2. The summed E-state index contributed by atoms with van der Waals surface area (Å²) in [6, 6.07) is 24.0. The van der Waals surface area contributed by atoms with Crippen LogP contribution in [0.5, 0.6) is 0 Å². The van der Waals surface area contributed by atoms with Crippen molar-refractivity contribution in [3.63, 3.8) is 0 Å². The van der Waals surface area contributed by atoms with E-state index in [-0.39, 0.29) is 22.5 Å². The van der Waals surface area contributed by atoms with Crippen molar-refractivity contribution in [1.29, 1.82) is 0 Å². The van der Waals surface area contributed by atoms with Crippen LogP contribution >= 0.6 is 23.6 Å². The van der Waals surface area contributed by atoms with Gasteiger partial charge in [-0.1, -0.05) is 72.8 Å². The first-order chi connectivity index (χ1) is 19.5. The number of rotatable bonds is 7. The second kappa shape index (κ2) is 12.2.